The molecule has 0 saturated heterocycles. The highest BCUT2D eigenvalue weighted by Crippen LogP contribution is 2.25. The van der Waals surface area contributed by atoms with E-state index in [-0.39, 0.29) is 0 Å². The summed E-state index contributed by atoms with van der Waals surface area (Å²) in [4.78, 5) is 4.44. The highest BCUT2D eigenvalue weighted by molar-refractivity contribution is 5.69. The fourth-order valence-electron chi connectivity index (χ4n) is 3.93. The maximum atomic E-state index is 4.44. The molecule has 0 N–H and O–H groups in total. The number of aryl methyl sites for hydroxylation is 2. The summed E-state index contributed by atoms with van der Waals surface area (Å²) in [5.74, 6) is 0. The number of unbranched alkanes of at least 4 members (excludes halogenated alkanes) is 3. The van der Waals surface area contributed by atoms with Crippen LogP contribution in [0, 0.1) is 0 Å². The first-order valence-corrected chi connectivity index (χ1v) is 11.0. The van der Waals surface area contributed by atoms with Gasteiger partial charge in [0.05, 0.1) is 5.69 Å². The second-order valence-electron chi connectivity index (χ2n) is 7.89. The van der Waals surface area contributed by atoms with Crippen LogP contribution in [0.3, 0.4) is 0 Å². The van der Waals surface area contributed by atoms with Gasteiger partial charge in [0.25, 0.3) is 0 Å². The van der Waals surface area contributed by atoms with Crippen LogP contribution in [0.4, 0.5) is 0 Å². The predicted octanol–water partition coefficient (Wildman–Crippen LogP) is 7.76. The van der Waals surface area contributed by atoms with Crippen LogP contribution in [0.25, 0.3) is 22.4 Å². The van der Waals surface area contributed by atoms with Gasteiger partial charge in [-0.1, -0.05) is 97.8 Å². The summed E-state index contributed by atoms with van der Waals surface area (Å²) < 4.78 is 0. The molecule has 0 aliphatic rings. The molecule has 0 fully saturated rings. The van der Waals surface area contributed by atoms with E-state index < -0.39 is 0 Å². The zero-order valence-corrected chi connectivity index (χ0v) is 17.5. The van der Waals surface area contributed by atoms with E-state index in [4.69, 9.17) is 0 Å². The van der Waals surface area contributed by atoms with Crippen LogP contribution in [-0.2, 0) is 12.8 Å². The summed E-state index contributed by atoms with van der Waals surface area (Å²) in [5.41, 5.74) is 7.63. The van der Waals surface area contributed by atoms with E-state index in [0.29, 0.717) is 0 Å². The molecule has 0 atom stereocenters. The molecule has 1 nitrogen and oxygen atoms in total. The van der Waals surface area contributed by atoms with Crippen molar-refractivity contribution in [1.29, 1.82) is 0 Å². The van der Waals surface area contributed by atoms with Crippen LogP contribution in [0.5, 0.6) is 0 Å². The molecule has 0 aliphatic carbocycles. The molecule has 4 rings (SSSR count). The summed E-state index contributed by atoms with van der Waals surface area (Å²) in [5, 5.41) is 0. The monoisotopic (exact) mass is 391 g/mol. The lowest BCUT2D eigenvalue weighted by atomic mass is 9.98. The maximum absolute atomic E-state index is 4.44. The average Bonchev–Trinajstić information content (AvgIpc) is 2.83. The van der Waals surface area contributed by atoms with Crippen molar-refractivity contribution in [3.05, 3.63) is 114 Å². The number of pyridine rings is 1. The van der Waals surface area contributed by atoms with Gasteiger partial charge < -0.3 is 0 Å². The smallest absolute Gasteiger partial charge is 0.0701 e. The zero-order chi connectivity index (χ0) is 20.4. The lowest BCUT2D eigenvalue weighted by Crippen LogP contribution is -1.89. The molecule has 0 saturated carbocycles. The number of rotatable bonds is 9. The van der Waals surface area contributed by atoms with Crippen molar-refractivity contribution in [2.24, 2.45) is 0 Å². The van der Waals surface area contributed by atoms with E-state index in [1.54, 1.807) is 0 Å². The molecule has 1 heterocycles. The summed E-state index contributed by atoms with van der Waals surface area (Å²) in [6.07, 6.45) is 9.35. The second-order valence-corrected chi connectivity index (χ2v) is 7.89. The molecule has 3 aromatic carbocycles. The Labute approximate surface area is 180 Å². The van der Waals surface area contributed by atoms with Crippen molar-refractivity contribution < 1.29 is 0 Å². The molecule has 0 bridgehead atoms. The standard InChI is InChI=1S/C29H29N/c1(4-11-24-12-6-3-7-13-24)2-5-14-25-15-10-16-28(23-25)26-18-20-27(21-19-26)29-17-8-9-22-30-29/h3,6-10,12-13,15-23H,1-2,4-5,11,14H2. The topological polar surface area (TPSA) is 12.9 Å². The zero-order valence-electron chi connectivity index (χ0n) is 17.5. The second kappa shape index (κ2) is 10.5. The first-order valence-electron chi connectivity index (χ1n) is 11.0. The van der Waals surface area contributed by atoms with Crippen LogP contribution < -0.4 is 0 Å². The third kappa shape index (κ3) is 5.67. The molecule has 0 unspecified atom stereocenters. The Hall–Kier alpha value is -3.19. The van der Waals surface area contributed by atoms with Crippen molar-refractivity contribution >= 4 is 0 Å². The highest BCUT2D eigenvalue weighted by Gasteiger charge is 2.03. The minimum Gasteiger partial charge on any atom is -0.256 e. The van der Waals surface area contributed by atoms with Crippen LogP contribution in [0.1, 0.15) is 36.8 Å². The molecule has 1 aromatic heterocycles. The Kier molecular flexibility index (Phi) is 7.07. The molecule has 0 radical (unpaired) electrons. The highest BCUT2D eigenvalue weighted by atomic mass is 14.7. The number of nitrogens with zero attached hydrogens (tertiary/aromatic N) is 1. The van der Waals surface area contributed by atoms with Gasteiger partial charge in [-0.2, -0.15) is 0 Å². The van der Waals surface area contributed by atoms with Crippen molar-refractivity contribution in [2.45, 2.75) is 38.5 Å². The molecular weight excluding hydrogens is 362 g/mol. The van der Waals surface area contributed by atoms with Crippen LogP contribution in [0.15, 0.2) is 103 Å². The van der Waals surface area contributed by atoms with Crippen molar-refractivity contribution in [3.63, 3.8) is 0 Å². The van der Waals surface area contributed by atoms with Gasteiger partial charge in [-0.25, -0.2) is 0 Å². The van der Waals surface area contributed by atoms with Crippen LogP contribution >= 0.6 is 0 Å². The molecular formula is C29H29N. The minimum absolute atomic E-state index is 1.02. The van der Waals surface area contributed by atoms with E-state index in [9.17, 15) is 0 Å². The number of aromatic nitrogens is 1. The van der Waals surface area contributed by atoms with Crippen molar-refractivity contribution in [3.8, 4) is 22.4 Å². The Morgan fingerprint density at radius 1 is 0.467 bits per heavy atom. The Morgan fingerprint density at radius 2 is 1.13 bits per heavy atom. The summed E-state index contributed by atoms with van der Waals surface area (Å²) >= 11 is 0. The van der Waals surface area contributed by atoms with Crippen LogP contribution in [0.2, 0.25) is 0 Å². The first kappa shape index (κ1) is 20.1. The predicted molar refractivity (Wildman–Crippen MR) is 127 cm³/mol. The normalized spacial score (nSPS) is 10.8. The maximum Gasteiger partial charge on any atom is 0.0701 e. The van der Waals surface area contributed by atoms with E-state index in [0.717, 1.165) is 17.7 Å². The van der Waals surface area contributed by atoms with Crippen molar-refractivity contribution in [2.75, 3.05) is 0 Å². The average molecular weight is 392 g/mol. The lowest BCUT2D eigenvalue weighted by Gasteiger charge is -2.07. The molecule has 150 valence electrons. The first-order chi connectivity index (χ1) is 14.9. The molecule has 4 aromatic rings. The fraction of sp³-hybridized carbons (Fsp3) is 0.207. The summed E-state index contributed by atoms with van der Waals surface area (Å²) in [6.45, 7) is 0. The van der Waals surface area contributed by atoms with Gasteiger partial charge in [-0.05, 0) is 60.1 Å². The molecule has 30 heavy (non-hydrogen) atoms. The number of hydrogen-bond donors (Lipinski definition) is 0. The third-order valence-corrected chi connectivity index (χ3v) is 5.63. The molecule has 0 spiro atoms. The lowest BCUT2D eigenvalue weighted by molar-refractivity contribution is 0.640. The number of benzene rings is 3. The van der Waals surface area contributed by atoms with E-state index >= 15 is 0 Å². The third-order valence-electron chi connectivity index (χ3n) is 5.63. The molecule has 1 heteroatoms. The fourth-order valence-corrected chi connectivity index (χ4v) is 3.93. The van der Waals surface area contributed by atoms with Gasteiger partial charge in [-0.15, -0.1) is 0 Å². The van der Waals surface area contributed by atoms with Gasteiger partial charge in [0, 0.05) is 11.8 Å². The Balaban J connectivity index is 1.27. The molecule has 0 amide bonds. The van der Waals surface area contributed by atoms with Gasteiger partial charge in [0.15, 0.2) is 0 Å². The largest absolute Gasteiger partial charge is 0.256 e. The summed E-state index contributed by atoms with van der Waals surface area (Å²) in [6, 6.07) is 34.6. The van der Waals surface area contributed by atoms with Crippen molar-refractivity contribution in [1.82, 2.24) is 4.98 Å². The Bertz CT molecular complexity index is 1020. The van der Waals surface area contributed by atoms with Gasteiger partial charge >= 0.3 is 0 Å². The molecule has 0 aliphatic heterocycles. The van der Waals surface area contributed by atoms with Gasteiger partial charge in [0.1, 0.15) is 0 Å². The minimum atomic E-state index is 1.02. The number of hydrogen-bond acceptors (Lipinski definition) is 1. The quantitative estimate of drug-likeness (QED) is 0.266. The van der Waals surface area contributed by atoms with Gasteiger partial charge in [-0.3, -0.25) is 4.98 Å². The van der Waals surface area contributed by atoms with E-state index in [2.05, 4.69) is 89.9 Å². The van der Waals surface area contributed by atoms with E-state index in [1.807, 2.05) is 18.3 Å². The van der Waals surface area contributed by atoms with Gasteiger partial charge in [0.2, 0.25) is 0 Å². The van der Waals surface area contributed by atoms with Crippen LogP contribution in [-0.4, -0.2) is 4.98 Å². The SMILES string of the molecule is c1ccc(CCCCCCc2cccc(-c3ccc(-c4ccccn4)cc3)c2)cc1. The summed E-state index contributed by atoms with van der Waals surface area (Å²) in [7, 11) is 0. The Morgan fingerprint density at radius 3 is 1.87 bits per heavy atom. The van der Waals surface area contributed by atoms with E-state index in [1.165, 1.54) is 54.4 Å².